The van der Waals surface area contributed by atoms with Gasteiger partial charge in [0.05, 0.1) is 23.0 Å². The molecule has 0 fully saturated rings. The number of nitrogens with one attached hydrogen (secondary N) is 1. The fourth-order valence-electron chi connectivity index (χ4n) is 1.56. The van der Waals surface area contributed by atoms with Gasteiger partial charge in [-0.1, -0.05) is 0 Å². The molecule has 0 spiro atoms. The molecule has 0 aliphatic rings. The second-order valence-electron chi connectivity index (χ2n) is 4.36. The minimum absolute atomic E-state index is 0.105. The number of rotatable bonds is 9. The van der Waals surface area contributed by atoms with Crippen molar-refractivity contribution < 1.29 is 30.5 Å². The molecule has 0 radical (unpaired) electrons. The van der Waals surface area contributed by atoms with Gasteiger partial charge in [0, 0.05) is 18.3 Å². The highest BCUT2D eigenvalue weighted by Crippen LogP contribution is 2.26. The van der Waals surface area contributed by atoms with Crippen molar-refractivity contribution in [1.82, 2.24) is 0 Å². The van der Waals surface area contributed by atoms with Gasteiger partial charge in [-0.15, -0.1) is 0 Å². The molecule has 0 aromatic heterocycles. The Hall–Kier alpha value is -1.96. The van der Waals surface area contributed by atoms with Gasteiger partial charge in [-0.05, 0) is 12.1 Å². The summed E-state index contributed by atoms with van der Waals surface area (Å²) in [5, 5.41) is 13.5. The van der Waals surface area contributed by atoms with Crippen LogP contribution in [-0.2, 0) is 24.4 Å². The van der Waals surface area contributed by atoms with Crippen LogP contribution >= 0.6 is 0 Å². The summed E-state index contributed by atoms with van der Waals surface area (Å²) in [6.07, 6.45) is 0. The molecule has 1 aromatic rings. The smallest absolute Gasteiger partial charge is 0.397 e. The fraction of sp³-hybridized carbons (Fsp3) is 0.400. The molecule has 0 saturated carbocycles. The molecule has 0 bridgehead atoms. The molecule has 0 saturated heterocycles. The molecule has 1 rings (SSSR count). The summed E-state index contributed by atoms with van der Waals surface area (Å²) in [5.74, 6) is -1.04. The van der Waals surface area contributed by atoms with Crippen molar-refractivity contribution in [2.45, 2.75) is 0 Å². The minimum atomic E-state index is -4.70. The summed E-state index contributed by atoms with van der Waals surface area (Å²) in [6, 6.07) is 3.90. The molecule has 11 nitrogen and oxygen atoms in total. The zero-order chi connectivity index (χ0) is 17.7. The van der Waals surface area contributed by atoms with E-state index in [1.54, 1.807) is 0 Å². The zero-order valence-corrected chi connectivity index (χ0v) is 13.3. The Morgan fingerprint density at radius 2 is 1.91 bits per heavy atom. The largest absolute Gasteiger partial charge is 0.399 e. The second kappa shape index (κ2) is 7.54. The van der Waals surface area contributed by atoms with E-state index in [0.717, 1.165) is 6.07 Å². The SMILES string of the molecule is Nc1ccc(NCCS(=O)(=O)CCOS(=O)(=O)O)c([N+](=O)[O-])c1. The van der Waals surface area contributed by atoms with Gasteiger partial charge in [0.2, 0.25) is 0 Å². The van der Waals surface area contributed by atoms with Gasteiger partial charge in [-0.2, -0.15) is 8.42 Å². The van der Waals surface area contributed by atoms with Gasteiger partial charge in [0.25, 0.3) is 5.69 Å². The van der Waals surface area contributed by atoms with Crippen LogP contribution in [0.15, 0.2) is 18.2 Å². The lowest BCUT2D eigenvalue weighted by atomic mass is 10.2. The van der Waals surface area contributed by atoms with Crippen molar-refractivity contribution in [3.05, 3.63) is 28.3 Å². The number of nitrogens with zero attached hydrogens (tertiary/aromatic N) is 1. The first-order valence-corrected chi connectivity index (χ1v) is 9.29. The Morgan fingerprint density at radius 1 is 1.26 bits per heavy atom. The molecule has 1 aromatic carbocycles. The number of sulfone groups is 1. The van der Waals surface area contributed by atoms with Crippen LogP contribution in [0.25, 0.3) is 0 Å². The van der Waals surface area contributed by atoms with E-state index in [1.165, 1.54) is 12.1 Å². The summed E-state index contributed by atoms with van der Waals surface area (Å²) in [4.78, 5) is 10.2. The monoisotopic (exact) mass is 369 g/mol. The Balaban J connectivity index is 2.58. The van der Waals surface area contributed by atoms with Crippen LogP contribution in [-0.4, -0.2) is 51.0 Å². The van der Waals surface area contributed by atoms with Crippen LogP contribution in [0.3, 0.4) is 0 Å². The molecular formula is C10H15N3O8S2. The van der Waals surface area contributed by atoms with E-state index in [4.69, 9.17) is 10.3 Å². The van der Waals surface area contributed by atoms with Crippen molar-refractivity contribution in [1.29, 1.82) is 0 Å². The van der Waals surface area contributed by atoms with E-state index in [9.17, 15) is 26.9 Å². The standard InChI is InChI=1S/C10H15N3O8S2/c11-8-1-2-9(10(7-8)13(14)15)12-3-5-22(16,17)6-4-21-23(18,19)20/h1-2,7,12H,3-6,11H2,(H,18,19,20). The number of hydrogen-bond donors (Lipinski definition) is 3. The third-order valence-corrected chi connectivity index (χ3v) is 4.65. The minimum Gasteiger partial charge on any atom is -0.399 e. The number of nitrogen functional groups attached to an aromatic ring is 1. The van der Waals surface area contributed by atoms with Crippen LogP contribution < -0.4 is 11.1 Å². The molecule has 0 aliphatic heterocycles. The van der Waals surface area contributed by atoms with Gasteiger partial charge in [0.15, 0.2) is 9.84 Å². The first-order valence-electron chi connectivity index (χ1n) is 6.10. The maximum Gasteiger partial charge on any atom is 0.397 e. The summed E-state index contributed by atoms with van der Waals surface area (Å²) >= 11 is 0. The van der Waals surface area contributed by atoms with Gasteiger partial charge < -0.3 is 11.1 Å². The summed E-state index contributed by atoms with van der Waals surface area (Å²) in [7, 11) is -8.37. The summed E-state index contributed by atoms with van der Waals surface area (Å²) in [5.41, 5.74) is 5.44. The average Bonchev–Trinajstić information content (AvgIpc) is 2.38. The summed E-state index contributed by atoms with van der Waals surface area (Å²) in [6.45, 7) is -0.859. The Kier molecular flexibility index (Phi) is 6.26. The first kappa shape index (κ1) is 19.1. The van der Waals surface area contributed by atoms with Gasteiger partial charge in [-0.25, -0.2) is 12.6 Å². The molecule has 0 amide bonds. The lowest BCUT2D eigenvalue weighted by Crippen LogP contribution is -2.22. The number of hydrogen-bond acceptors (Lipinski definition) is 9. The number of nitro benzene ring substituents is 1. The van der Waals surface area contributed by atoms with E-state index in [2.05, 4.69) is 9.50 Å². The van der Waals surface area contributed by atoms with Crippen LogP contribution in [0.2, 0.25) is 0 Å². The van der Waals surface area contributed by atoms with Crippen LogP contribution in [0.4, 0.5) is 17.1 Å². The van der Waals surface area contributed by atoms with Crippen LogP contribution in [0, 0.1) is 10.1 Å². The Bertz CT molecular complexity index is 775. The molecule has 0 heterocycles. The molecule has 0 atom stereocenters. The molecular weight excluding hydrogens is 354 g/mol. The topological polar surface area (TPSA) is 179 Å². The van der Waals surface area contributed by atoms with Gasteiger partial charge in [0.1, 0.15) is 5.69 Å². The Labute approximate surface area is 132 Å². The van der Waals surface area contributed by atoms with Crippen molar-refractivity contribution in [3.63, 3.8) is 0 Å². The van der Waals surface area contributed by atoms with Crippen molar-refractivity contribution >= 4 is 37.3 Å². The average molecular weight is 369 g/mol. The molecule has 4 N–H and O–H groups in total. The van der Waals surface area contributed by atoms with E-state index in [-0.39, 0.29) is 23.6 Å². The third kappa shape index (κ3) is 7.23. The van der Waals surface area contributed by atoms with Gasteiger partial charge in [-0.3, -0.25) is 14.7 Å². The molecule has 13 heteroatoms. The quantitative estimate of drug-likeness (QED) is 0.229. The highest BCUT2D eigenvalue weighted by Gasteiger charge is 2.16. The number of anilines is 2. The number of nitro groups is 1. The van der Waals surface area contributed by atoms with E-state index >= 15 is 0 Å². The van der Waals surface area contributed by atoms with E-state index < -0.39 is 43.3 Å². The maximum absolute atomic E-state index is 11.6. The maximum atomic E-state index is 11.6. The van der Waals surface area contributed by atoms with Crippen molar-refractivity contribution in [2.24, 2.45) is 0 Å². The number of benzene rings is 1. The summed E-state index contributed by atoms with van der Waals surface area (Å²) < 4.78 is 56.1. The third-order valence-electron chi connectivity index (χ3n) is 2.57. The normalized spacial score (nSPS) is 12.0. The van der Waals surface area contributed by atoms with E-state index in [0.29, 0.717) is 0 Å². The first-order chi connectivity index (χ1) is 10.5. The molecule has 0 unspecified atom stereocenters. The zero-order valence-electron chi connectivity index (χ0n) is 11.7. The molecule has 130 valence electrons. The Morgan fingerprint density at radius 3 is 2.48 bits per heavy atom. The lowest BCUT2D eigenvalue weighted by Gasteiger charge is -2.08. The van der Waals surface area contributed by atoms with Gasteiger partial charge >= 0.3 is 10.4 Å². The molecule has 23 heavy (non-hydrogen) atoms. The van der Waals surface area contributed by atoms with Crippen LogP contribution in [0.5, 0.6) is 0 Å². The molecule has 0 aliphatic carbocycles. The number of nitrogens with two attached hydrogens (primary N) is 1. The predicted octanol–water partition coefficient (Wildman–Crippen LogP) is -0.177. The second-order valence-corrected chi connectivity index (χ2v) is 7.76. The lowest BCUT2D eigenvalue weighted by molar-refractivity contribution is -0.383. The van der Waals surface area contributed by atoms with E-state index in [1.807, 2.05) is 0 Å². The van der Waals surface area contributed by atoms with Crippen molar-refractivity contribution in [2.75, 3.05) is 35.7 Å². The predicted molar refractivity (Wildman–Crippen MR) is 82.2 cm³/mol. The highest BCUT2D eigenvalue weighted by atomic mass is 32.3. The van der Waals surface area contributed by atoms with Crippen LogP contribution in [0.1, 0.15) is 0 Å². The fourth-order valence-corrected chi connectivity index (χ4v) is 2.91. The van der Waals surface area contributed by atoms with Crippen molar-refractivity contribution in [3.8, 4) is 0 Å². The highest BCUT2D eigenvalue weighted by molar-refractivity contribution is 7.91.